The molecular formula is C13H15ClN2O2S2. The second-order valence-electron chi connectivity index (χ2n) is 4.23. The van der Waals surface area contributed by atoms with Crippen molar-refractivity contribution in [2.75, 3.05) is 5.75 Å². The van der Waals surface area contributed by atoms with Crippen molar-refractivity contribution in [3.8, 4) is 10.6 Å². The minimum absolute atomic E-state index is 0.0716. The number of hydrogen-bond donors (Lipinski definition) is 1. The van der Waals surface area contributed by atoms with Crippen LogP contribution in [0.5, 0.6) is 0 Å². The molecule has 1 aromatic heterocycles. The summed E-state index contributed by atoms with van der Waals surface area (Å²) < 4.78 is 25.5. The second kappa shape index (κ2) is 6.22. The van der Waals surface area contributed by atoms with E-state index in [2.05, 4.69) is 9.71 Å². The molecule has 1 heterocycles. The van der Waals surface area contributed by atoms with Crippen molar-refractivity contribution >= 4 is 33.0 Å². The van der Waals surface area contributed by atoms with E-state index in [1.165, 1.54) is 11.3 Å². The summed E-state index contributed by atoms with van der Waals surface area (Å²) in [4.78, 5) is 5.37. The second-order valence-corrected chi connectivity index (χ2v) is 7.82. The fourth-order valence-electron chi connectivity index (χ4n) is 1.62. The number of aryl methyl sites for hydroxylation is 1. The predicted molar refractivity (Wildman–Crippen MR) is 83.6 cm³/mol. The molecule has 2 aromatic rings. The zero-order valence-corrected chi connectivity index (χ0v) is 13.6. The third kappa shape index (κ3) is 3.58. The average molecular weight is 331 g/mol. The highest BCUT2D eigenvalue weighted by atomic mass is 35.5. The Labute approximate surface area is 127 Å². The number of nitrogens with zero attached hydrogens (tertiary/aromatic N) is 1. The number of rotatable bonds is 5. The van der Waals surface area contributed by atoms with Crippen molar-refractivity contribution in [2.45, 2.75) is 20.4 Å². The Morgan fingerprint density at radius 3 is 2.70 bits per heavy atom. The minimum atomic E-state index is -3.20. The topological polar surface area (TPSA) is 59.1 Å². The molecule has 0 aliphatic heterocycles. The number of halogens is 1. The molecule has 0 amide bonds. The van der Waals surface area contributed by atoms with E-state index in [1.54, 1.807) is 6.92 Å². The quantitative estimate of drug-likeness (QED) is 0.915. The maximum absolute atomic E-state index is 11.5. The van der Waals surface area contributed by atoms with Crippen LogP contribution in [0.3, 0.4) is 0 Å². The molecule has 0 radical (unpaired) electrons. The van der Waals surface area contributed by atoms with E-state index in [9.17, 15) is 8.42 Å². The highest BCUT2D eigenvalue weighted by Gasteiger charge is 2.13. The average Bonchev–Trinajstić information content (AvgIpc) is 2.78. The van der Waals surface area contributed by atoms with Crippen LogP contribution in [0.1, 0.15) is 17.5 Å². The number of benzene rings is 1. The molecule has 0 saturated carbocycles. The van der Waals surface area contributed by atoms with Crippen LogP contribution in [0.15, 0.2) is 24.3 Å². The third-order valence-corrected chi connectivity index (χ3v) is 5.69. The summed E-state index contributed by atoms with van der Waals surface area (Å²) in [7, 11) is -3.20. The smallest absolute Gasteiger partial charge is 0.211 e. The van der Waals surface area contributed by atoms with Gasteiger partial charge in [-0.3, -0.25) is 0 Å². The lowest BCUT2D eigenvalue weighted by atomic mass is 10.2. The van der Waals surface area contributed by atoms with Crippen molar-refractivity contribution in [1.82, 2.24) is 9.71 Å². The third-order valence-electron chi connectivity index (χ3n) is 2.83. The number of sulfonamides is 1. The van der Waals surface area contributed by atoms with Crippen LogP contribution in [-0.2, 0) is 16.6 Å². The van der Waals surface area contributed by atoms with Gasteiger partial charge in [0, 0.05) is 17.0 Å². The highest BCUT2D eigenvalue weighted by molar-refractivity contribution is 7.89. The first-order valence-corrected chi connectivity index (χ1v) is 8.96. The molecule has 108 valence electrons. The molecule has 0 bridgehead atoms. The van der Waals surface area contributed by atoms with Gasteiger partial charge in [-0.2, -0.15) is 0 Å². The molecule has 2 rings (SSSR count). The summed E-state index contributed by atoms with van der Waals surface area (Å²) in [5.74, 6) is 0.0716. The van der Waals surface area contributed by atoms with E-state index >= 15 is 0 Å². The van der Waals surface area contributed by atoms with Gasteiger partial charge in [0.1, 0.15) is 5.01 Å². The Morgan fingerprint density at radius 2 is 2.05 bits per heavy atom. The van der Waals surface area contributed by atoms with Gasteiger partial charge in [-0.15, -0.1) is 11.3 Å². The van der Waals surface area contributed by atoms with Crippen LogP contribution in [0.25, 0.3) is 10.6 Å². The first-order chi connectivity index (χ1) is 9.43. The zero-order chi connectivity index (χ0) is 14.8. The van der Waals surface area contributed by atoms with Gasteiger partial charge < -0.3 is 0 Å². The Hall–Kier alpha value is -0.950. The maximum atomic E-state index is 11.5. The molecule has 0 aliphatic carbocycles. The van der Waals surface area contributed by atoms with E-state index in [0.717, 1.165) is 21.1 Å². The van der Waals surface area contributed by atoms with Crippen molar-refractivity contribution < 1.29 is 8.42 Å². The maximum Gasteiger partial charge on any atom is 0.211 e. The lowest BCUT2D eigenvalue weighted by molar-refractivity contribution is 0.583. The van der Waals surface area contributed by atoms with Gasteiger partial charge >= 0.3 is 0 Å². The SMILES string of the molecule is CCS(=O)(=O)NCc1sc(-c2ccccc2Cl)nc1C. The number of thiazole rings is 1. The van der Waals surface area contributed by atoms with Crippen LogP contribution in [0, 0.1) is 6.92 Å². The van der Waals surface area contributed by atoms with Crippen molar-refractivity contribution in [2.24, 2.45) is 0 Å². The summed E-state index contributed by atoms with van der Waals surface area (Å²) in [5, 5.41) is 1.45. The molecular weight excluding hydrogens is 316 g/mol. The molecule has 4 nitrogen and oxygen atoms in total. The van der Waals surface area contributed by atoms with Crippen LogP contribution in [0.2, 0.25) is 5.02 Å². The van der Waals surface area contributed by atoms with Crippen LogP contribution < -0.4 is 4.72 Å². The fraction of sp³-hybridized carbons (Fsp3) is 0.308. The van der Waals surface area contributed by atoms with Gasteiger partial charge in [0.05, 0.1) is 16.5 Å². The van der Waals surface area contributed by atoms with Gasteiger partial charge in [-0.1, -0.05) is 29.8 Å². The van der Waals surface area contributed by atoms with Crippen molar-refractivity contribution in [3.63, 3.8) is 0 Å². The molecule has 0 aliphatic rings. The van der Waals surface area contributed by atoms with Crippen LogP contribution >= 0.6 is 22.9 Å². The lowest BCUT2D eigenvalue weighted by Gasteiger charge is -2.02. The van der Waals surface area contributed by atoms with Gasteiger partial charge in [0.15, 0.2) is 0 Å². The highest BCUT2D eigenvalue weighted by Crippen LogP contribution is 2.32. The molecule has 0 spiro atoms. The molecule has 20 heavy (non-hydrogen) atoms. The monoisotopic (exact) mass is 330 g/mol. The van der Waals surface area contributed by atoms with E-state index in [-0.39, 0.29) is 12.3 Å². The summed E-state index contributed by atoms with van der Waals surface area (Å²) in [6.07, 6.45) is 0. The molecule has 1 aromatic carbocycles. The van der Waals surface area contributed by atoms with Crippen molar-refractivity contribution in [3.05, 3.63) is 39.9 Å². The standard InChI is InChI=1S/C13H15ClN2O2S2/c1-3-20(17,18)15-8-12-9(2)16-13(19-12)10-6-4-5-7-11(10)14/h4-7,15H,3,8H2,1-2H3. The molecule has 0 unspecified atom stereocenters. The van der Waals surface area contributed by atoms with E-state index in [1.807, 2.05) is 31.2 Å². The summed E-state index contributed by atoms with van der Waals surface area (Å²) in [6, 6.07) is 7.48. The van der Waals surface area contributed by atoms with Crippen LogP contribution in [0.4, 0.5) is 0 Å². The molecule has 0 fully saturated rings. The Balaban J connectivity index is 2.25. The Kier molecular flexibility index (Phi) is 4.80. The first-order valence-electron chi connectivity index (χ1n) is 6.11. The van der Waals surface area contributed by atoms with Gasteiger partial charge in [0.2, 0.25) is 10.0 Å². The van der Waals surface area contributed by atoms with Crippen LogP contribution in [-0.4, -0.2) is 19.2 Å². The summed E-state index contributed by atoms with van der Waals surface area (Å²) >= 11 is 7.60. The van der Waals surface area contributed by atoms with Gasteiger partial charge in [0.25, 0.3) is 0 Å². The minimum Gasteiger partial charge on any atom is -0.241 e. The normalized spacial score (nSPS) is 11.8. The summed E-state index contributed by atoms with van der Waals surface area (Å²) in [5.41, 5.74) is 1.69. The molecule has 0 saturated heterocycles. The van der Waals surface area contributed by atoms with E-state index < -0.39 is 10.0 Å². The number of hydrogen-bond acceptors (Lipinski definition) is 4. The molecule has 7 heteroatoms. The lowest BCUT2D eigenvalue weighted by Crippen LogP contribution is -2.24. The summed E-state index contributed by atoms with van der Waals surface area (Å²) in [6.45, 7) is 3.74. The number of aromatic nitrogens is 1. The Morgan fingerprint density at radius 1 is 1.35 bits per heavy atom. The first kappa shape index (κ1) is 15.4. The Bertz CT molecular complexity index is 711. The van der Waals surface area contributed by atoms with E-state index in [4.69, 9.17) is 11.6 Å². The van der Waals surface area contributed by atoms with Gasteiger partial charge in [-0.25, -0.2) is 18.1 Å². The van der Waals surface area contributed by atoms with E-state index in [0.29, 0.717) is 5.02 Å². The number of nitrogens with one attached hydrogen (secondary N) is 1. The largest absolute Gasteiger partial charge is 0.241 e. The van der Waals surface area contributed by atoms with Crippen molar-refractivity contribution in [1.29, 1.82) is 0 Å². The fourth-order valence-corrected chi connectivity index (χ4v) is 3.60. The molecule has 1 N–H and O–H groups in total. The van der Waals surface area contributed by atoms with Gasteiger partial charge in [-0.05, 0) is 19.9 Å². The zero-order valence-electron chi connectivity index (χ0n) is 11.2. The molecule has 0 atom stereocenters. The predicted octanol–water partition coefficient (Wildman–Crippen LogP) is 3.21.